The molecule has 0 radical (unpaired) electrons. The second-order valence-electron chi connectivity index (χ2n) is 3.36. The molecule has 0 aliphatic carbocycles. The maximum Gasteiger partial charge on any atom is 0.172 e. The van der Waals surface area contributed by atoms with Crippen molar-refractivity contribution in [1.82, 2.24) is 0 Å². The Hall–Kier alpha value is -1.71. The molecule has 0 fully saturated rings. The van der Waals surface area contributed by atoms with E-state index in [1.807, 2.05) is 12.1 Å². The van der Waals surface area contributed by atoms with Crippen LogP contribution in [-0.4, -0.2) is 17.6 Å². The van der Waals surface area contributed by atoms with Gasteiger partial charge in [-0.2, -0.15) is 0 Å². The molecule has 0 spiro atoms. The first-order valence-electron chi connectivity index (χ1n) is 4.66. The standard InChI is InChI=1S/C10H13N3O/c11-10(13-14)8-5-1-3-7-4-2-6-12-9(7)8/h1,3,5,12,14H,2,4,6H2,(H2,11,13). The molecule has 0 atom stereocenters. The molecule has 1 aromatic rings. The average molecular weight is 191 g/mol. The molecule has 1 heterocycles. The molecule has 0 saturated carbocycles. The first kappa shape index (κ1) is 8.87. The van der Waals surface area contributed by atoms with Gasteiger partial charge < -0.3 is 16.3 Å². The maximum absolute atomic E-state index is 8.62. The van der Waals surface area contributed by atoms with Crippen molar-refractivity contribution in [3.05, 3.63) is 29.3 Å². The number of aryl methyl sites for hydroxylation is 1. The number of hydrogen-bond donors (Lipinski definition) is 3. The fourth-order valence-electron chi connectivity index (χ4n) is 1.78. The van der Waals surface area contributed by atoms with Gasteiger partial charge in [0.15, 0.2) is 5.84 Å². The molecular weight excluding hydrogens is 178 g/mol. The Labute approximate surface area is 82.4 Å². The Kier molecular flexibility index (Phi) is 2.26. The molecule has 0 aromatic heterocycles. The lowest BCUT2D eigenvalue weighted by atomic mass is 9.99. The average Bonchev–Trinajstić information content (AvgIpc) is 2.27. The summed E-state index contributed by atoms with van der Waals surface area (Å²) >= 11 is 0. The molecule has 14 heavy (non-hydrogen) atoms. The molecule has 1 aliphatic rings. The second kappa shape index (κ2) is 3.57. The SMILES string of the molecule is N/C(=N\O)c1cccc2c1NCCC2. The Morgan fingerprint density at radius 2 is 2.36 bits per heavy atom. The highest BCUT2D eigenvalue weighted by atomic mass is 16.4. The summed E-state index contributed by atoms with van der Waals surface area (Å²) in [6.07, 6.45) is 2.18. The zero-order chi connectivity index (χ0) is 9.97. The van der Waals surface area contributed by atoms with E-state index in [0.717, 1.165) is 30.6 Å². The lowest BCUT2D eigenvalue weighted by molar-refractivity contribution is 0.318. The summed E-state index contributed by atoms with van der Waals surface area (Å²) in [6, 6.07) is 5.85. The Morgan fingerprint density at radius 1 is 1.50 bits per heavy atom. The fourth-order valence-corrected chi connectivity index (χ4v) is 1.78. The van der Waals surface area contributed by atoms with E-state index in [-0.39, 0.29) is 5.84 Å². The van der Waals surface area contributed by atoms with Crippen LogP contribution in [0.1, 0.15) is 17.5 Å². The van der Waals surface area contributed by atoms with Crippen LogP contribution >= 0.6 is 0 Å². The number of nitrogens with one attached hydrogen (secondary N) is 1. The molecule has 4 heteroatoms. The van der Waals surface area contributed by atoms with E-state index in [2.05, 4.69) is 16.5 Å². The van der Waals surface area contributed by atoms with E-state index in [1.54, 1.807) is 0 Å². The molecule has 0 saturated heterocycles. The molecule has 0 bridgehead atoms. The predicted octanol–water partition coefficient (Wildman–Crippen LogP) is 1.14. The summed E-state index contributed by atoms with van der Waals surface area (Å²) in [5.41, 5.74) is 8.61. The van der Waals surface area contributed by atoms with E-state index in [9.17, 15) is 0 Å². The number of nitrogens with two attached hydrogens (primary N) is 1. The molecule has 4 N–H and O–H groups in total. The zero-order valence-corrected chi connectivity index (χ0v) is 7.83. The quantitative estimate of drug-likeness (QED) is 0.270. The minimum Gasteiger partial charge on any atom is -0.409 e. The predicted molar refractivity (Wildman–Crippen MR) is 55.8 cm³/mol. The number of oxime groups is 1. The number of para-hydroxylation sites is 1. The van der Waals surface area contributed by atoms with E-state index in [0.29, 0.717) is 0 Å². The van der Waals surface area contributed by atoms with E-state index in [4.69, 9.17) is 10.9 Å². The topological polar surface area (TPSA) is 70.6 Å². The summed E-state index contributed by atoms with van der Waals surface area (Å²) in [5, 5.41) is 14.9. The van der Waals surface area contributed by atoms with Crippen molar-refractivity contribution < 1.29 is 5.21 Å². The minimum atomic E-state index is 0.163. The molecule has 1 aliphatic heterocycles. The van der Waals surface area contributed by atoms with Gasteiger partial charge >= 0.3 is 0 Å². The fraction of sp³-hybridized carbons (Fsp3) is 0.300. The zero-order valence-electron chi connectivity index (χ0n) is 7.83. The van der Waals surface area contributed by atoms with Gasteiger partial charge in [0.2, 0.25) is 0 Å². The highest BCUT2D eigenvalue weighted by molar-refractivity contribution is 6.02. The number of nitrogens with zero attached hydrogens (tertiary/aromatic N) is 1. The first-order chi connectivity index (χ1) is 6.83. The summed E-state index contributed by atoms with van der Waals surface area (Å²) in [6.45, 7) is 0.947. The van der Waals surface area contributed by atoms with Crippen molar-refractivity contribution in [3.63, 3.8) is 0 Å². The van der Waals surface area contributed by atoms with Crippen molar-refractivity contribution in [2.75, 3.05) is 11.9 Å². The van der Waals surface area contributed by atoms with Crippen LogP contribution in [0.15, 0.2) is 23.4 Å². The molecule has 0 unspecified atom stereocenters. The number of fused-ring (bicyclic) bond motifs is 1. The largest absolute Gasteiger partial charge is 0.409 e. The van der Waals surface area contributed by atoms with Crippen molar-refractivity contribution >= 4 is 11.5 Å². The normalized spacial score (nSPS) is 15.9. The van der Waals surface area contributed by atoms with Crippen LogP contribution in [0.2, 0.25) is 0 Å². The van der Waals surface area contributed by atoms with Crippen LogP contribution in [-0.2, 0) is 6.42 Å². The van der Waals surface area contributed by atoms with Gasteiger partial charge in [-0.3, -0.25) is 0 Å². The molecule has 2 rings (SSSR count). The number of amidine groups is 1. The number of benzene rings is 1. The summed E-state index contributed by atoms with van der Waals surface area (Å²) in [5.74, 6) is 0.163. The van der Waals surface area contributed by atoms with E-state index in [1.165, 1.54) is 5.56 Å². The molecule has 1 aromatic carbocycles. The number of rotatable bonds is 1. The Morgan fingerprint density at radius 3 is 3.14 bits per heavy atom. The Bertz CT molecular complexity index is 374. The second-order valence-corrected chi connectivity index (χ2v) is 3.36. The molecular formula is C10H13N3O. The number of anilines is 1. The lowest BCUT2D eigenvalue weighted by Gasteiger charge is -2.20. The van der Waals surface area contributed by atoms with Crippen molar-refractivity contribution in [1.29, 1.82) is 0 Å². The lowest BCUT2D eigenvalue weighted by Crippen LogP contribution is -2.20. The Balaban J connectivity index is 2.50. The monoisotopic (exact) mass is 191 g/mol. The van der Waals surface area contributed by atoms with Crippen LogP contribution < -0.4 is 11.1 Å². The van der Waals surface area contributed by atoms with E-state index < -0.39 is 0 Å². The summed E-state index contributed by atoms with van der Waals surface area (Å²) in [4.78, 5) is 0. The van der Waals surface area contributed by atoms with Crippen LogP contribution in [0.3, 0.4) is 0 Å². The third-order valence-electron chi connectivity index (χ3n) is 2.46. The van der Waals surface area contributed by atoms with Crippen molar-refractivity contribution in [3.8, 4) is 0 Å². The van der Waals surface area contributed by atoms with Crippen LogP contribution in [0.5, 0.6) is 0 Å². The highest BCUT2D eigenvalue weighted by Crippen LogP contribution is 2.25. The van der Waals surface area contributed by atoms with Gasteiger partial charge in [0.25, 0.3) is 0 Å². The van der Waals surface area contributed by atoms with Crippen molar-refractivity contribution in [2.24, 2.45) is 10.9 Å². The number of hydrogen-bond acceptors (Lipinski definition) is 3. The van der Waals surface area contributed by atoms with E-state index >= 15 is 0 Å². The molecule has 74 valence electrons. The van der Waals surface area contributed by atoms with Gasteiger partial charge in [0.1, 0.15) is 0 Å². The van der Waals surface area contributed by atoms with Gasteiger partial charge in [0.05, 0.1) is 0 Å². The van der Waals surface area contributed by atoms with Gasteiger partial charge in [-0.25, -0.2) is 0 Å². The third-order valence-corrected chi connectivity index (χ3v) is 2.46. The van der Waals surface area contributed by atoms with Gasteiger partial charge in [0, 0.05) is 17.8 Å². The summed E-state index contributed by atoms with van der Waals surface area (Å²) < 4.78 is 0. The van der Waals surface area contributed by atoms with Gasteiger partial charge in [-0.1, -0.05) is 17.3 Å². The van der Waals surface area contributed by atoms with Gasteiger partial charge in [-0.15, -0.1) is 0 Å². The maximum atomic E-state index is 8.62. The molecule has 0 amide bonds. The van der Waals surface area contributed by atoms with Crippen LogP contribution in [0.25, 0.3) is 0 Å². The van der Waals surface area contributed by atoms with Crippen LogP contribution in [0, 0.1) is 0 Å². The van der Waals surface area contributed by atoms with Crippen LogP contribution in [0.4, 0.5) is 5.69 Å². The molecule has 4 nitrogen and oxygen atoms in total. The minimum absolute atomic E-state index is 0.163. The van der Waals surface area contributed by atoms with Gasteiger partial charge in [-0.05, 0) is 24.5 Å². The first-order valence-corrected chi connectivity index (χ1v) is 4.66. The summed E-state index contributed by atoms with van der Waals surface area (Å²) in [7, 11) is 0. The van der Waals surface area contributed by atoms with Crippen molar-refractivity contribution in [2.45, 2.75) is 12.8 Å². The highest BCUT2D eigenvalue weighted by Gasteiger charge is 2.14. The smallest absolute Gasteiger partial charge is 0.172 e. The third kappa shape index (κ3) is 1.39.